The molecule has 1 aromatic rings. The molecule has 0 saturated heterocycles. The highest BCUT2D eigenvalue weighted by Gasteiger charge is 2.10. The van der Waals surface area contributed by atoms with Crippen LogP contribution < -0.4 is 5.73 Å². The van der Waals surface area contributed by atoms with Crippen molar-refractivity contribution < 1.29 is 0 Å². The van der Waals surface area contributed by atoms with Crippen molar-refractivity contribution in [1.29, 1.82) is 0 Å². The van der Waals surface area contributed by atoms with E-state index in [9.17, 15) is 0 Å². The Balaban J connectivity index is 2.53. The molecule has 0 radical (unpaired) electrons. The molecular weight excluding hydrogens is 238 g/mol. The summed E-state index contributed by atoms with van der Waals surface area (Å²) in [5.74, 6) is 1.91. The predicted molar refractivity (Wildman–Crippen MR) is 75.2 cm³/mol. The van der Waals surface area contributed by atoms with Crippen LogP contribution in [0.3, 0.4) is 0 Å². The van der Waals surface area contributed by atoms with Gasteiger partial charge in [-0.05, 0) is 35.8 Å². The van der Waals surface area contributed by atoms with E-state index in [4.69, 9.17) is 17.3 Å². The molecule has 1 unspecified atom stereocenters. The summed E-state index contributed by atoms with van der Waals surface area (Å²) < 4.78 is 0. The first-order chi connectivity index (χ1) is 7.63. The van der Waals surface area contributed by atoms with Gasteiger partial charge in [0, 0.05) is 16.8 Å². The minimum atomic E-state index is 0.373. The van der Waals surface area contributed by atoms with Crippen LogP contribution in [-0.4, -0.2) is 12.3 Å². The fourth-order valence-corrected chi connectivity index (χ4v) is 3.02. The van der Waals surface area contributed by atoms with Crippen LogP contribution in [0.4, 0.5) is 0 Å². The first kappa shape index (κ1) is 13.9. The Hall–Kier alpha value is -0.180. The minimum absolute atomic E-state index is 0.373. The van der Waals surface area contributed by atoms with Crippen molar-refractivity contribution in [3.05, 3.63) is 34.9 Å². The summed E-state index contributed by atoms with van der Waals surface area (Å²) in [6, 6.07) is 8.01. The highest BCUT2D eigenvalue weighted by atomic mass is 35.5. The molecule has 0 aromatic heterocycles. The molecule has 0 aliphatic rings. The maximum absolute atomic E-state index is 5.98. The van der Waals surface area contributed by atoms with Crippen LogP contribution in [-0.2, 0) is 0 Å². The Morgan fingerprint density at radius 3 is 2.69 bits per heavy atom. The summed E-state index contributed by atoms with van der Waals surface area (Å²) in [4.78, 5) is 0. The van der Waals surface area contributed by atoms with E-state index in [2.05, 4.69) is 19.9 Å². The normalized spacial score (nSPS) is 13.1. The summed E-state index contributed by atoms with van der Waals surface area (Å²) in [6.45, 7) is 5.16. The van der Waals surface area contributed by atoms with Crippen molar-refractivity contribution >= 4 is 23.4 Å². The molecular formula is C13H20ClNS. The number of nitrogens with two attached hydrogens (primary N) is 1. The second-order valence-electron chi connectivity index (χ2n) is 4.33. The van der Waals surface area contributed by atoms with E-state index in [0.29, 0.717) is 11.8 Å². The lowest BCUT2D eigenvalue weighted by atomic mass is 10.1. The number of hydrogen-bond donors (Lipinski definition) is 1. The summed E-state index contributed by atoms with van der Waals surface area (Å²) >= 11 is 7.91. The molecule has 1 rings (SSSR count). The minimum Gasteiger partial charge on any atom is -0.329 e. The van der Waals surface area contributed by atoms with Gasteiger partial charge in [-0.25, -0.2) is 0 Å². The summed E-state index contributed by atoms with van der Waals surface area (Å²) in [7, 11) is 0. The second-order valence-corrected chi connectivity index (χ2v) is 6.08. The zero-order valence-corrected chi connectivity index (χ0v) is 11.5. The second kappa shape index (κ2) is 7.21. The third-order valence-electron chi connectivity index (χ3n) is 2.45. The van der Waals surface area contributed by atoms with Gasteiger partial charge in [-0.3, -0.25) is 0 Å². The molecule has 1 atom stereocenters. The number of benzene rings is 1. The topological polar surface area (TPSA) is 26.0 Å². The first-order valence-corrected chi connectivity index (χ1v) is 7.13. The quantitative estimate of drug-likeness (QED) is 0.830. The lowest BCUT2D eigenvalue weighted by Crippen LogP contribution is -2.10. The van der Waals surface area contributed by atoms with E-state index in [1.54, 1.807) is 0 Å². The highest BCUT2D eigenvalue weighted by molar-refractivity contribution is 7.99. The van der Waals surface area contributed by atoms with Gasteiger partial charge in [-0.15, -0.1) is 0 Å². The molecule has 0 heterocycles. The van der Waals surface area contributed by atoms with Gasteiger partial charge in [0.15, 0.2) is 0 Å². The van der Waals surface area contributed by atoms with Crippen LogP contribution >= 0.6 is 23.4 Å². The Morgan fingerprint density at radius 2 is 2.12 bits per heavy atom. The zero-order valence-electron chi connectivity index (χ0n) is 9.95. The average Bonchev–Trinajstić information content (AvgIpc) is 2.24. The van der Waals surface area contributed by atoms with Crippen LogP contribution in [0.1, 0.15) is 31.1 Å². The van der Waals surface area contributed by atoms with Gasteiger partial charge in [0.2, 0.25) is 0 Å². The smallest absolute Gasteiger partial charge is 0.0420 e. The van der Waals surface area contributed by atoms with Crippen molar-refractivity contribution in [3.63, 3.8) is 0 Å². The summed E-state index contributed by atoms with van der Waals surface area (Å²) in [6.07, 6.45) is 1.24. The van der Waals surface area contributed by atoms with Gasteiger partial charge in [-0.1, -0.05) is 37.6 Å². The Morgan fingerprint density at radius 1 is 1.38 bits per heavy atom. The molecule has 0 bridgehead atoms. The van der Waals surface area contributed by atoms with Gasteiger partial charge in [0.25, 0.3) is 0 Å². The number of rotatable bonds is 6. The predicted octanol–water partition coefficient (Wildman–Crippen LogP) is 4.12. The fraction of sp³-hybridized carbons (Fsp3) is 0.538. The van der Waals surface area contributed by atoms with E-state index < -0.39 is 0 Å². The zero-order chi connectivity index (χ0) is 12.0. The van der Waals surface area contributed by atoms with Crippen LogP contribution in [0.2, 0.25) is 5.02 Å². The third kappa shape index (κ3) is 4.77. The molecule has 3 heteroatoms. The first-order valence-electron chi connectivity index (χ1n) is 5.70. The molecule has 16 heavy (non-hydrogen) atoms. The van der Waals surface area contributed by atoms with Crippen LogP contribution in [0.15, 0.2) is 24.3 Å². The lowest BCUT2D eigenvalue weighted by Gasteiger charge is -2.15. The number of hydrogen-bond acceptors (Lipinski definition) is 2. The third-order valence-corrected chi connectivity index (χ3v) is 4.02. The molecule has 0 amide bonds. The number of thioether (sulfide) groups is 1. The van der Waals surface area contributed by atoms with E-state index in [1.165, 1.54) is 12.0 Å². The number of halogens is 1. The molecule has 0 fully saturated rings. The standard InChI is InChI=1S/C13H20ClNS/c1-10(2)6-7-16-13(9-15)11-4-3-5-12(14)8-11/h3-5,8,10,13H,6-7,9,15H2,1-2H3. The Bertz CT molecular complexity index is 315. The van der Waals surface area contributed by atoms with E-state index in [1.807, 2.05) is 30.0 Å². The van der Waals surface area contributed by atoms with E-state index >= 15 is 0 Å². The maximum atomic E-state index is 5.98. The van der Waals surface area contributed by atoms with E-state index in [-0.39, 0.29) is 0 Å². The summed E-state index contributed by atoms with van der Waals surface area (Å²) in [5.41, 5.74) is 7.05. The SMILES string of the molecule is CC(C)CCSC(CN)c1cccc(Cl)c1. The molecule has 0 saturated carbocycles. The maximum Gasteiger partial charge on any atom is 0.0420 e. The van der Waals surface area contributed by atoms with Crippen molar-refractivity contribution in [2.75, 3.05) is 12.3 Å². The van der Waals surface area contributed by atoms with Crippen LogP contribution in [0, 0.1) is 5.92 Å². The lowest BCUT2D eigenvalue weighted by molar-refractivity contribution is 0.631. The average molecular weight is 258 g/mol. The van der Waals surface area contributed by atoms with Gasteiger partial charge in [-0.2, -0.15) is 11.8 Å². The fourth-order valence-electron chi connectivity index (χ4n) is 1.45. The van der Waals surface area contributed by atoms with Crippen molar-refractivity contribution in [1.82, 2.24) is 0 Å². The summed E-state index contributed by atoms with van der Waals surface area (Å²) in [5, 5.41) is 1.16. The molecule has 1 aromatic carbocycles. The largest absolute Gasteiger partial charge is 0.329 e. The van der Waals surface area contributed by atoms with Crippen LogP contribution in [0.25, 0.3) is 0 Å². The Labute approximate surface area is 108 Å². The van der Waals surface area contributed by atoms with Crippen molar-refractivity contribution in [2.45, 2.75) is 25.5 Å². The monoisotopic (exact) mass is 257 g/mol. The van der Waals surface area contributed by atoms with Crippen LogP contribution in [0.5, 0.6) is 0 Å². The Kier molecular flexibility index (Phi) is 6.25. The van der Waals surface area contributed by atoms with E-state index in [0.717, 1.165) is 16.7 Å². The van der Waals surface area contributed by atoms with Gasteiger partial charge < -0.3 is 5.73 Å². The van der Waals surface area contributed by atoms with Gasteiger partial charge in [0.1, 0.15) is 0 Å². The molecule has 0 aliphatic carbocycles. The van der Waals surface area contributed by atoms with Crippen molar-refractivity contribution in [3.8, 4) is 0 Å². The van der Waals surface area contributed by atoms with Crippen molar-refractivity contribution in [2.24, 2.45) is 11.7 Å². The molecule has 90 valence electrons. The van der Waals surface area contributed by atoms with Gasteiger partial charge in [0.05, 0.1) is 0 Å². The molecule has 0 spiro atoms. The van der Waals surface area contributed by atoms with Gasteiger partial charge >= 0.3 is 0 Å². The molecule has 1 nitrogen and oxygen atoms in total. The molecule has 0 aliphatic heterocycles. The highest BCUT2D eigenvalue weighted by Crippen LogP contribution is 2.30. The molecule has 2 N–H and O–H groups in total.